The number of hydrogen-bond donors (Lipinski definition) is 1. The summed E-state index contributed by atoms with van der Waals surface area (Å²) in [6.07, 6.45) is 2.36. The van der Waals surface area contributed by atoms with Crippen LogP contribution in [0.3, 0.4) is 0 Å². The smallest absolute Gasteiger partial charge is 0.0429 e. The van der Waals surface area contributed by atoms with Crippen molar-refractivity contribution in [3.8, 4) is 0 Å². The summed E-state index contributed by atoms with van der Waals surface area (Å²) >= 11 is 0. The molecule has 0 saturated carbocycles. The first kappa shape index (κ1) is 21.1. The lowest BCUT2D eigenvalue weighted by Gasteiger charge is -2.33. The van der Waals surface area contributed by atoms with Gasteiger partial charge in [0.25, 0.3) is 0 Å². The van der Waals surface area contributed by atoms with Crippen LogP contribution in [-0.2, 0) is 13.0 Å². The first-order valence-corrected chi connectivity index (χ1v) is 9.75. The van der Waals surface area contributed by atoms with E-state index in [-0.39, 0.29) is 0 Å². The Balaban J connectivity index is 0.000000730. The Bertz CT molecular complexity index is 657. The lowest BCUT2D eigenvalue weighted by Crippen LogP contribution is -2.29. The first-order valence-electron chi connectivity index (χ1n) is 9.75. The van der Waals surface area contributed by atoms with Crippen LogP contribution in [0.15, 0.2) is 30.3 Å². The van der Waals surface area contributed by atoms with E-state index in [4.69, 9.17) is 5.73 Å². The molecule has 2 nitrogen and oxygen atoms in total. The fraction of sp³-hybridized carbons (Fsp3) is 0.478. The second-order valence-corrected chi connectivity index (χ2v) is 6.24. The number of rotatable bonds is 2. The Kier molecular flexibility index (Phi) is 8.54. The Labute approximate surface area is 155 Å². The molecule has 25 heavy (non-hydrogen) atoms. The van der Waals surface area contributed by atoms with Crippen LogP contribution in [0.4, 0.5) is 11.4 Å². The largest absolute Gasteiger partial charge is 0.398 e. The number of fused-ring (bicyclic) bond motifs is 1. The Morgan fingerprint density at radius 2 is 1.56 bits per heavy atom. The molecular weight excluding hydrogens is 304 g/mol. The molecule has 1 aliphatic heterocycles. The molecule has 3 rings (SSSR count). The predicted molar refractivity (Wildman–Crippen MR) is 114 cm³/mol. The standard InChI is InChI=1S/C19H24N2.2C2H6/c1-13-6-8-16(9-7-13)12-21-10-4-5-17-15(3)19(20)14(2)11-18(17)21;2*1-2/h6-9,11H,4-5,10,12,20H2,1-3H3;2*1-2H3. The van der Waals surface area contributed by atoms with Crippen LogP contribution >= 0.6 is 0 Å². The molecule has 1 aliphatic rings. The normalized spacial score (nSPS) is 12.4. The summed E-state index contributed by atoms with van der Waals surface area (Å²) in [4.78, 5) is 2.50. The van der Waals surface area contributed by atoms with Crippen LogP contribution in [-0.4, -0.2) is 6.54 Å². The van der Waals surface area contributed by atoms with Crippen LogP contribution in [0.2, 0.25) is 0 Å². The van der Waals surface area contributed by atoms with Crippen molar-refractivity contribution in [2.24, 2.45) is 0 Å². The first-order chi connectivity index (χ1) is 12.1. The minimum atomic E-state index is 0.964. The topological polar surface area (TPSA) is 29.3 Å². The highest BCUT2D eigenvalue weighted by Crippen LogP contribution is 2.35. The lowest BCUT2D eigenvalue weighted by molar-refractivity contribution is 0.688. The zero-order valence-corrected chi connectivity index (χ0v) is 17.2. The van der Waals surface area contributed by atoms with Gasteiger partial charge in [-0.2, -0.15) is 0 Å². The SMILES string of the molecule is CC.CC.Cc1ccc(CN2CCCc3c2cc(C)c(N)c3C)cc1. The van der Waals surface area contributed by atoms with Gasteiger partial charge in [0.1, 0.15) is 0 Å². The van der Waals surface area contributed by atoms with Crippen molar-refractivity contribution in [2.75, 3.05) is 17.2 Å². The van der Waals surface area contributed by atoms with Gasteiger partial charge in [-0.25, -0.2) is 0 Å². The van der Waals surface area contributed by atoms with E-state index in [0.29, 0.717) is 0 Å². The number of nitrogen functional groups attached to an aromatic ring is 1. The summed E-state index contributed by atoms with van der Waals surface area (Å²) in [6.45, 7) is 16.5. The number of benzene rings is 2. The maximum Gasteiger partial charge on any atom is 0.0429 e. The zero-order chi connectivity index (χ0) is 19.0. The molecule has 1 heterocycles. The van der Waals surface area contributed by atoms with Gasteiger partial charge in [-0.1, -0.05) is 57.5 Å². The quantitative estimate of drug-likeness (QED) is 0.659. The molecule has 0 saturated heterocycles. The summed E-state index contributed by atoms with van der Waals surface area (Å²) < 4.78 is 0. The minimum Gasteiger partial charge on any atom is -0.398 e. The number of nitrogens with zero attached hydrogens (tertiary/aromatic N) is 1. The minimum absolute atomic E-state index is 0.964. The van der Waals surface area contributed by atoms with E-state index >= 15 is 0 Å². The molecule has 0 radical (unpaired) electrons. The lowest BCUT2D eigenvalue weighted by atomic mass is 9.93. The molecule has 138 valence electrons. The van der Waals surface area contributed by atoms with E-state index in [1.54, 1.807) is 0 Å². The molecule has 0 unspecified atom stereocenters. The number of aryl methyl sites for hydroxylation is 2. The van der Waals surface area contributed by atoms with Crippen molar-refractivity contribution in [3.63, 3.8) is 0 Å². The fourth-order valence-electron chi connectivity index (χ4n) is 3.26. The second kappa shape index (κ2) is 10.1. The Morgan fingerprint density at radius 3 is 2.16 bits per heavy atom. The van der Waals surface area contributed by atoms with Crippen molar-refractivity contribution in [3.05, 3.63) is 58.1 Å². The van der Waals surface area contributed by atoms with Gasteiger partial charge < -0.3 is 10.6 Å². The molecule has 0 atom stereocenters. The van der Waals surface area contributed by atoms with E-state index in [0.717, 1.165) is 25.2 Å². The Morgan fingerprint density at radius 1 is 0.960 bits per heavy atom. The predicted octanol–water partition coefficient (Wildman–Crippen LogP) is 6.20. The Hall–Kier alpha value is -1.96. The summed E-state index contributed by atoms with van der Waals surface area (Å²) in [7, 11) is 0. The molecule has 0 spiro atoms. The molecular formula is C23H36N2. The van der Waals surface area contributed by atoms with Crippen molar-refractivity contribution in [2.45, 2.75) is 67.9 Å². The van der Waals surface area contributed by atoms with Crippen LogP contribution in [0.1, 0.15) is 61.9 Å². The van der Waals surface area contributed by atoms with E-state index in [2.05, 4.69) is 56.0 Å². The van der Waals surface area contributed by atoms with Gasteiger partial charge in [-0.15, -0.1) is 0 Å². The molecule has 2 aromatic rings. The average molecular weight is 341 g/mol. The van der Waals surface area contributed by atoms with E-state index < -0.39 is 0 Å². The number of hydrogen-bond acceptors (Lipinski definition) is 2. The van der Waals surface area contributed by atoms with Crippen molar-refractivity contribution in [1.29, 1.82) is 0 Å². The van der Waals surface area contributed by atoms with Gasteiger partial charge in [-0.3, -0.25) is 0 Å². The maximum atomic E-state index is 6.20. The van der Waals surface area contributed by atoms with Gasteiger partial charge in [0.05, 0.1) is 0 Å². The van der Waals surface area contributed by atoms with E-state index in [9.17, 15) is 0 Å². The highest BCUT2D eigenvalue weighted by Gasteiger charge is 2.20. The summed E-state index contributed by atoms with van der Waals surface area (Å²) in [5.41, 5.74) is 15.2. The highest BCUT2D eigenvalue weighted by molar-refractivity contribution is 5.69. The summed E-state index contributed by atoms with van der Waals surface area (Å²) in [5, 5.41) is 0. The maximum absolute atomic E-state index is 6.20. The van der Waals surface area contributed by atoms with Gasteiger partial charge >= 0.3 is 0 Å². The highest BCUT2D eigenvalue weighted by atomic mass is 15.1. The third-order valence-electron chi connectivity index (χ3n) is 4.63. The zero-order valence-electron chi connectivity index (χ0n) is 17.2. The monoisotopic (exact) mass is 340 g/mol. The third kappa shape index (κ3) is 5.01. The fourth-order valence-corrected chi connectivity index (χ4v) is 3.26. The number of anilines is 2. The summed E-state index contributed by atoms with van der Waals surface area (Å²) in [6, 6.07) is 11.1. The molecule has 0 aromatic heterocycles. The van der Waals surface area contributed by atoms with Gasteiger partial charge in [0, 0.05) is 24.5 Å². The van der Waals surface area contributed by atoms with E-state index in [1.807, 2.05) is 27.7 Å². The molecule has 0 amide bonds. The molecule has 0 aliphatic carbocycles. The molecule has 2 N–H and O–H groups in total. The van der Waals surface area contributed by atoms with Crippen LogP contribution in [0, 0.1) is 20.8 Å². The average Bonchev–Trinajstić information content (AvgIpc) is 2.66. The van der Waals surface area contributed by atoms with E-state index in [1.165, 1.54) is 39.9 Å². The molecule has 2 heteroatoms. The van der Waals surface area contributed by atoms with Crippen LogP contribution in [0.5, 0.6) is 0 Å². The van der Waals surface area contributed by atoms with Gasteiger partial charge in [0.2, 0.25) is 0 Å². The third-order valence-corrected chi connectivity index (χ3v) is 4.63. The van der Waals surface area contributed by atoms with Crippen molar-refractivity contribution < 1.29 is 0 Å². The van der Waals surface area contributed by atoms with Crippen LogP contribution in [0.25, 0.3) is 0 Å². The molecule has 0 bridgehead atoms. The molecule has 0 fully saturated rings. The summed E-state index contributed by atoms with van der Waals surface area (Å²) in [5.74, 6) is 0. The number of nitrogens with two attached hydrogens (primary N) is 1. The van der Waals surface area contributed by atoms with Gasteiger partial charge in [0.15, 0.2) is 0 Å². The second-order valence-electron chi connectivity index (χ2n) is 6.24. The van der Waals surface area contributed by atoms with Crippen molar-refractivity contribution in [1.82, 2.24) is 0 Å². The van der Waals surface area contributed by atoms with Crippen LogP contribution < -0.4 is 10.6 Å². The van der Waals surface area contributed by atoms with Gasteiger partial charge in [-0.05, 0) is 61.9 Å². The molecule has 2 aromatic carbocycles. The van der Waals surface area contributed by atoms with Crippen molar-refractivity contribution >= 4 is 11.4 Å².